The number of nitrogens with zero attached hydrogens (tertiary/aromatic N) is 8. The average Bonchev–Trinajstić information content (AvgIpc) is 1.59. The molecule has 692 valence electrons. The van der Waals surface area contributed by atoms with Gasteiger partial charge in [-0.3, -0.25) is 19.2 Å². The molecule has 0 saturated heterocycles. The Morgan fingerprint density at radius 1 is 0.377 bits per heavy atom. The maximum absolute atomic E-state index is 12.8. The molecule has 4 aromatic carbocycles. The Morgan fingerprint density at radius 3 is 0.823 bits per heavy atom. The molecule has 0 bridgehead atoms. The smallest absolute Gasteiger partial charge is 0.311 e. The molecule has 28 nitrogen and oxygen atoms in total. The summed E-state index contributed by atoms with van der Waals surface area (Å²) in [4.78, 5) is 80.4. The van der Waals surface area contributed by atoms with Crippen molar-refractivity contribution in [2.24, 2.45) is 71.0 Å². The number of ether oxygens (including phenoxy) is 8. The first-order valence-electron chi connectivity index (χ1n) is 46.5. The second-order valence-corrected chi connectivity index (χ2v) is 36.1. The third-order valence-electron chi connectivity index (χ3n) is 29.0. The highest BCUT2D eigenvalue weighted by molar-refractivity contribution is 5.88. The van der Waals surface area contributed by atoms with E-state index in [0.717, 1.165) is 142 Å². The fourth-order valence-corrected chi connectivity index (χ4v) is 22.5. The molecule has 4 saturated carbocycles. The fraction of sp³-hybridized carbons (Fsp3) is 0.569. The van der Waals surface area contributed by atoms with Gasteiger partial charge in [-0.25, -0.2) is 0 Å². The molecule has 0 amide bonds. The summed E-state index contributed by atoms with van der Waals surface area (Å²) in [6.07, 6.45) is 21.3. The number of aromatic nitrogens is 4. The average molecular weight is 1780 g/mol. The number of H-pyrrole nitrogens is 4. The van der Waals surface area contributed by atoms with Crippen molar-refractivity contribution in [1.29, 1.82) is 0 Å². The second kappa shape index (κ2) is 46.1. The van der Waals surface area contributed by atoms with Crippen LogP contribution in [0.1, 0.15) is 186 Å². The third-order valence-corrected chi connectivity index (χ3v) is 29.0. The van der Waals surface area contributed by atoms with E-state index >= 15 is 0 Å². The van der Waals surface area contributed by atoms with Crippen molar-refractivity contribution in [1.82, 2.24) is 40.0 Å². The van der Waals surface area contributed by atoms with E-state index in [9.17, 15) is 39.6 Å². The summed E-state index contributed by atoms with van der Waals surface area (Å²) in [6, 6.07) is 32.6. The quantitative estimate of drug-likeness (QED) is 0.0146. The molecule has 4 aromatic heterocycles. The van der Waals surface area contributed by atoms with Gasteiger partial charge in [-0.1, -0.05) is 111 Å². The van der Waals surface area contributed by atoms with Gasteiger partial charge in [0.25, 0.3) is 0 Å². The first-order chi connectivity index (χ1) is 63.3. The number of aromatic amines is 4. The molecule has 8 aliphatic rings. The van der Waals surface area contributed by atoms with Crippen molar-refractivity contribution in [3.05, 3.63) is 188 Å². The maximum Gasteiger partial charge on any atom is 0.311 e. The van der Waals surface area contributed by atoms with Gasteiger partial charge < -0.3 is 78.3 Å². The van der Waals surface area contributed by atoms with Crippen LogP contribution >= 0.6 is 0 Å². The number of aliphatic hydroxyl groups excluding tert-OH is 4. The number of fused-ring (bicyclic) bond motifs is 16. The van der Waals surface area contributed by atoms with Crippen molar-refractivity contribution in [3.8, 4) is 24.7 Å². The SMILES string of the molecule is [C-]#[N+]N1CCc2c([nH]c3ccccc23)[C@@H](OCC#C)C[C@H]2[C@@H](CC[C@H](O)[C@@H]2C(=O)OC)C1.[C-]#[N+]N1CCc2c([nH]c3ccccc23)[C@@H](OCCCC)C[C@H]2[C@@H](CC[C@H](O)[C@@H]2C(=O)OC)C1.[C-]#[N+]N1CCc2c([nH]c3ccccc23)[C@H](OCC#C)C[C@H]2[C@@H](CC[C@H](O)[C@@H]2C(=O)OC)C1.[C-]#[N+]N1CCc2c([nH]c3ccccc23)[C@H](OCCCC)C[C@H]2[C@@H](CC[C@H](O)[C@@H]2C(=O)OC)C1. The molecule has 8 N–H and O–H groups in total. The molecule has 16 rings (SSSR count). The van der Waals surface area contributed by atoms with E-state index in [0.29, 0.717) is 130 Å². The topological polar surface area (TPSA) is 317 Å². The lowest BCUT2D eigenvalue weighted by Gasteiger charge is -2.41. The molecule has 4 aliphatic heterocycles. The summed E-state index contributed by atoms with van der Waals surface area (Å²) in [7, 11) is 5.48. The number of nitrogens with one attached hydrogen (secondary N) is 4. The number of unbranched alkanes of at least 4 members (excludes halogenated alkanes) is 2. The van der Waals surface area contributed by atoms with Crippen LogP contribution in [0.4, 0.5) is 0 Å². The molecule has 8 heterocycles. The molecule has 28 heteroatoms. The van der Waals surface area contributed by atoms with Gasteiger partial charge in [0.2, 0.25) is 0 Å². The number of hydrogen-bond acceptors (Lipinski definition) is 20. The molecule has 4 aliphatic carbocycles. The zero-order chi connectivity index (χ0) is 92.1. The van der Waals surface area contributed by atoms with Crippen LogP contribution in [0.2, 0.25) is 0 Å². The Morgan fingerprint density at radius 2 is 0.608 bits per heavy atom. The predicted molar refractivity (Wildman–Crippen MR) is 492 cm³/mol. The number of carbonyl (C=O) groups is 4. The van der Waals surface area contributed by atoms with E-state index in [1.807, 2.05) is 60.7 Å². The molecule has 20 atom stereocenters. The monoisotopic (exact) mass is 1780 g/mol. The lowest BCUT2D eigenvalue weighted by Crippen LogP contribution is -2.47. The Bertz CT molecular complexity index is 5080. The van der Waals surface area contributed by atoms with Gasteiger partial charge in [-0.05, 0) is 209 Å². The summed E-state index contributed by atoms with van der Waals surface area (Å²) >= 11 is 0. The van der Waals surface area contributed by atoms with Crippen molar-refractivity contribution in [2.75, 3.05) is 107 Å². The number of hydrogen-bond donors (Lipinski definition) is 8. The molecule has 4 fully saturated rings. The van der Waals surface area contributed by atoms with Crippen LogP contribution in [0.5, 0.6) is 0 Å². The summed E-state index contributed by atoms with van der Waals surface area (Å²) in [6.45, 7) is 41.5. The van der Waals surface area contributed by atoms with Gasteiger partial charge in [0, 0.05) is 79.6 Å². The Kier molecular flexibility index (Phi) is 34.2. The lowest BCUT2D eigenvalue weighted by molar-refractivity contribution is -0.159. The molecule has 0 radical (unpaired) electrons. The van der Waals surface area contributed by atoms with E-state index in [-0.39, 0.29) is 96.9 Å². The first kappa shape index (κ1) is 96.4. The number of carbonyl (C=O) groups excluding carboxylic acids is 4. The lowest BCUT2D eigenvalue weighted by atomic mass is 9.67. The highest BCUT2D eigenvalue weighted by Crippen LogP contribution is 2.51. The van der Waals surface area contributed by atoms with Gasteiger partial charge >= 0.3 is 23.9 Å². The van der Waals surface area contributed by atoms with E-state index in [2.05, 4.69) is 102 Å². The predicted octanol–water partition coefficient (Wildman–Crippen LogP) is 14.8. The maximum atomic E-state index is 12.8. The molecule has 8 aromatic rings. The van der Waals surface area contributed by atoms with Crippen LogP contribution in [0, 0.1) is 122 Å². The van der Waals surface area contributed by atoms with Crippen LogP contribution in [0.3, 0.4) is 0 Å². The zero-order valence-electron chi connectivity index (χ0n) is 75.8. The van der Waals surface area contributed by atoms with Crippen molar-refractivity contribution < 1.29 is 77.5 Å². The Labute approximate surface area is 763 Å². The van der Waals surface area contributed by atoms with Crippen LogP contribution in [-0.2, 0) is 82.8 Å². The Hall–Kier alpha value is -11.1. The highest BCUT2D eigenvalue weighted by Gasteiger charge is 2.52. The number of benzene rings is 4. The summed E-state index contributed by atoms with van der Waals surface area (Å²) < 4.78 is 45.6. The molecule has 0 spiro atoms. The fourth-order valence-electron chi connectivity index (χ4n) is 22.5. The number of methoxy groups -OCH3 is 4. The van der Waals surface area contributed by atoms with Crippen LogP contribution in [-0.4, -0.2) is 216 Å². The van der Waals surface area contributed by atoms with E-state index in [4.69, 9.17) is 77.0 Å². The molecular weight excluding hydrogens is 1650 g/mol. The van der Waals surface area contributed by atoms with E-state index in [1.54, 1.807) is 20.0 Å². The summed E-state index contributed by atoms with van der Waals surface area (Å²) in [5.74, 6) is 0.759. The summed E-state index contributed by atoms with van der Waals surface area (Å²) in [5, 5.41) is 54.7. The van der Waals surface area contributed by atoms with E-state index in [1.165, 1.54) is 39.6 Å². The highest BCUT2D eigenvalue weighted by atomic mass is 16.5. The number of terminal acetylenes is 2. The largest absolute Gasteiger partial charge is 0.469 e. The normalized spacial score (nSPS) is 28.0. The second-order valence-electron chi connectivity index (χ2n) is 36.1. The van der Waals surface area contributed by atoms with Crippen molar-refractivity contribution in [3.63, 3.8) is 0 Å². The van der Waals surface area contributed by atoms with Crippen LogP contribution in [0.15, 0.2) is 97.1 Å². The van der Waals surface area contributed by atoms with E-state index < -0.39 is 60.0 Å². The van der Waals surface area contributed by atoms with Gasteiger partial charge in [0.15, 0.2) is 0 Å². The van der Waals surface area contributed by atoms with Crippen molar-refractivity contribution in [2.45, 2.75) is 191 Å². The minimum atomic E-state index is -0.775. The number of esters is 4. The summed E-state index contributed by atoms with van der Waals surface area (Å²) in [5.41, 5.74) is 12.7. The third kappa shape index (κ3) is 22.0. The molecule has 130 heavy (non-hydrogen) atoms. The number of rotatable bonds is 16. The zero-order valence-corrected chi connectivity index (χ0v) is 75.8. The van der Waals surface area contributed by atoms with Crippen LogP contribution in [0.25, 0.3) is 63.4 Å². The standard InChI is InChI=1S/2C26H35N3O4.2C25H29N3O4/c2*1-4-5-14-33-23-15-20-17(10-11-22(30)24(20)26(31)32-3)16-29(27-2)13-12-19-18-8-6-7-9-21(18)28-25(19)23;2*1-4-13-32-22-14-19-16(9-10-21(29)23(19)25(30)31-3)15-28(26-2)12-11-18-17-7-5-6-8-20(17)27-24(18)22/h2*6-9,17,20,22-24,28,30H,4-5,10-16H2,1,3H3;2*1,5-8,16,19,21-23,27,29H,9-15H2,3H3/t17-,20-,22-,23+,24+;17-,20-,22-,23-,24+;16-,19-,21-,22+,23+;16-,19-,21-,22-,23+/m0000/s1. The van der Waals surface area contributed by atoms with Gasteiger partial charge in [0.1, 0.15) is 13.2 Å². The number of para-hydroxylation sites is 4. The minimum Gasteiger partial charge on any atom is -0.469 e. The van der Waals surface area contributed by atoms with Gasteiger partial charge in [0.05, 0.1) is 153 Å². The van der Waals surface area contributed by atoms with Crippen molar-refractivity contribution >= 4 is 67.5 Å². The molecule has 0 unspecified atom stereocenters. The molecular formula is C102H128N12O16. The number of aliphatic hydroxyl groups is 4. The first-order valence-corrected chi connectivity index (χ1v) is 46.5. The van der Waals surface area contributed by atoms with Gasteiger partial charge in [-0.2, -0.15) is 46.1 Å². The van der Waals surface area contributed by atoms with Crippen LogP contribution < -0.4 is 0 Å². The van der Waals surface area contributed by atoms with Gasteiger partial charge in [-0.15, -0.1) is 32.9 Å². The minimum absolute atomic E-state index is 0.0689. The Balaban J connectivity index is 0.000000148.